The van der Waals surface area contributed by atoms with Gasteiger partial charge in [0.2, 0.25) is 11.8 Å². The lowest BCUT2D eigenvalue weighted by Crippen LogP contribution is -2.66. The maximum Gasteiger partial charge on any atom is 0.471 e. The van der Waals surface area contributed by atoms with Gasteiger partial charge in [-0.15, -0.1) is 0 Å². The van der Waals surface area contributed by atoms with Crippen LogP contribution in [0.1, 0.15) is 40.5 Å². The van der Waals surface area contributed by atoms with E-state index in [1.807, 2.05) is 10.6 Å². The highest BCUT2D eigenvalue weighted by molar-refractivity contribution is 5.82. The molecule has 6 fully saturated rings. The molecule has 6 aliphatic heterocycles. The van der Waals surface area contributed by atoms with E-state index in [0.29, 0.717) is 52.7 Å². The fourth-order valence-electron chi connectivity index (χ4n) is 9.37. The predicted octanol–water partition coefficient (Wildman–Crippen LogP) is -1.12. The first-order valence-electron chi connectivity index (χ1n) is 27.0. The van der Waals surface area contributed by atoms with E-state index in [-0.39, 0.29) is 130 Å². The van der Waals surface area contributed by atoms with Gasteiger partial charge >= 0.3 is 24.2 Å². The molecule has 33 heteroatoms. The highest BCUT2D eigenvalue weighted by Gasteiger charge is 2.68. The minimum absolute atomic E-state index is 0.0196. The van der Waals surface area contributed by atoms with E-state index in [9.17, 15) is 45.5 Å². The minimum Gasteiger partial charge on any atom is -0.379 e. The smallest absolute Gasteiger partial charge is 0.379 e. The summed E-state index contributed by atoms with van der Waals surface area (Å²) in [6.07, 6.45) is -16.0. The molecule has 6 rings (SSSR count). The molecule has 0 radical (unpaired) electrons. The van der Waals surface area contributed by atoms with Crippen molar-refractivity contribution < 1.29 is 131 Å². The van der Waals surface area contributed by atoms with Gasteiger partial charge in [-0.05, 0) is 27.7 Å². The van der Waals surface area contributed by atoms with Crippen molar-refractivity contribution in [3.8, 4) is 0 Å². The van der Waals surface area contributed by atoms with Crippen molar-refractivity contribution in [1.29, 1.82) is 0 Å². The van der Waals surface area contributed by atoms with Crippen molar-refractivity contribution in [2.24, 2.45) is 5.73 Å². The lowest BCUT2D eigenvalue weighted by atomic mass is 9.88. The van der Waals surface area contributed by atoms with Gasteiger partial charge in [0.1, 0.15) is 47.7 Å². The molecule has 10 atom stereocenters. The SMILES string of the molecule is CC1(C)O[C@@H]2[C@@H](NC(=O)C(F)(F)F)[C@H]3OC[C@](COCCOCCOCCOCCNC(=O)CCOCC(N)COCCC(=O)NCCOCCOCCOCCOC[C@@]45CO[C@@H](O4)[C@H](NC(=O)C(F)(F)F)[C@H]4OC(C)(C)O[C@H]45)(O3)[C@@H]2O1. The van der Waals surface area contributed by atoms with Crippen LogP contribution < -0.4 is 27.0 Å². The second kappa shape index (κ2) is 31.9. The van der Waals surface area contributed by atoms with Crippen LogP contribution in [0.15, 0.2) is 0 Å². The molecule has 0 saturated carbocycles. The molecule has 0 spiro atoms. The van der Waals surface area contributed by atoms with Crippen LogP contribution >= 0.6 is 0 Å². The Labute approximate surface area is 469 Å². The van der Waals surface area contributed by atoms with E-state index in [1.165, 1.54) is 0 Å². The number of hydrogen-bond donors (Lipinski definition) is 5. The number of amides is 4. The van der Waals surface area contributed by atoms with Crippen molar-refractivity contribution in [1.82, 2.24) is 21.3 Å². The van der Waals surface area contributed by atoms with Gasteiger partial charge in [-0.2, -0.15) is 26.3 Å². The Hall–Kier alpha value is -3.30. The normalized spacial score (nSPS) is 29.1. The van der Waals surface area contributed by atoms with Gasteiger partial charge < -0.3 is 112 Å². The largest absolute Gasteiger partial charge is 0.471 e. The Morgan fingerprint density at radius 2 is 0.805 bits per heavy atom. The number of fused-ring (bicyclic) bond motifs is 8. The second-order valence-electron chi connectivity index (χ2n) is 20.6. The van der Waals surface area contributed by atoms with Crippen molar-refractivity contribution in [3.63, 3.8) is 0 Å². The van der Waals surface area contributed by atoms with Crippen LogP contribution in [0.4, 0.5) is 26.3 Å². The lowest BCUT2D eigenvalue weighted by molar-refractivity contribution is -0.218. The standard InChI is InChI=1S/C49H79F6N5O22/c1-44(2)77-36-34(59-42(63)48(50,51)52)40-75-29-46(81-40,38(36)79-44)27-73-23-21-69-19-17-67-15-13-65-11-7-57-32(61)5-9-71-25-31(56)26-72-10-6-33(62)58-8-12-66-14-16-68-18-20-70-22-24-74-28-47-30-76-41(82-47)35(60-43(64)49(53,54)55)37-39(47)80-45(3,4)78-37/h31,34-41H,5-30,56H2,1-4H3,(H,57,61)(H,58,62)(H,59,63)(H,60,64)/t34-,35-,36-,37-,38-,39-,40+,41+,46+,47+/m1/s1. The zero-order chi connectivity index (χ0) is 59.4. The first kappa shape index (κ1) is 67.8. The molecule has 474 valence electrons. The van der Waals surface area contributed by atoms with Gasteiger partial charge in [0, 0.05) is 25.9 Å². The Morgan fingerprint density at radius 3 is 1.15 bits per heavy atom. The van der Waals surface area contributed by atoms with E-state index >= 15 is 0 Å². The molecule has 6 saturated heterocycles. The Kier molecular flexibility index (Phi) is 26.4. The van der Waals surface area contributed by atoms with Gasteiger partial charge in [0.05, 0.1) is 151 Å². The molecule has 4 amide bonds. The first-order valence-corrected chi connectivity index (χ1v) is 27.0. The third kappa shape index (κ3) is 21.0. The molecule has 27 nitrogen and oxygen atoms in total. The number of carbonyl (C=O) groups excluding carboxylic acids is 4. The number of hydrogen-bond acceptors (Lipinski definition) is 23. The zero-order valence-electron chi connectivity index (χ0n) is 46.4. The molecule has 6 aliphatic rings. The summed E-state index contributed by atoms with van der Waals surface area (Å²) in [6, 6.07) is -2.95. The average molecular weight is 1200 g/mol. The van der Waals surface area contributed by atoms with E-state index in [0.717, 1.165) is 0 Å². The average Bonchev–Trinajstić information content (AvgIpc) is 2.34. The molecule has 0 aromatic rings. The molecule has 0 unspecified atom stereocenters. The number of carbonyl (C=O) groups is 4. The fourth-order valence-corrected chi connectivity index (χ4v) is 9.37. The maximum atomic E-state index is 13.0. The summed E-state index contributed by atoms with van der Waals surface area (Å²) >= 11 is 0. The van der Waals surface area contributed by atoms with Gasteiger partial charge in [0.15, 0.2) is 24.2 Å². The summed E-state index contributed by atoms with van der Waals surface area (Å²) < 4.78 is 180. The topological polar surface area (TPSA) is 309 Å². The van der Waals surface area contributed by atoms with Crippen LogP contribution in [0.25, 0.3) is 0 Å². The number of nitrogens with one attached hydrogen (secondary N) is 4. The van der Waals surface area contributed by atoms with Crippen molar-refractivity contribution in [2.45, 2.75) is 131 Å². The molecule has 6 N–H and O–H groups in total. The third-order valence-electron chi connectivity index (χ3n) is 13.1. The van der Waals surface area contributed by atoms with E-state index < -0.39 is 102 Å². The van der Waals surface area contributed by atoms with E-state index in [1.54, 1.807) is 27.7 Å². The van der Waals surface area contributed by atoms with Gasteiger partial charge in [-0.3, -0.25) is 19.2 Å². The summed E-state index contributed by atoms with van der Waals surface area (Å²) in [5.74, 6) is -7.00. The zero-order valence-corrected chi connectivity index (χ0v) is 46.4. The van der Waals surface area contributed by atoms with Crippen LogP contribution in [0, 0.1) is 0 Å². The van der Waals surface area contributed by atoms with Gasteiger partial charge in [-0.25, -0.2) is 0 Å². The van der Waals surface area contributed by atoms with Crippen LogP contribution in [0.3, 0.4) is 0 Å². The number of alkyl halides is 6. The van der Waals surface area contributed by atoms with Crippen LogP contribution in [-0.2, 0) is 104 Å². The molecule has 0 aromatic heterocycles. The van der Waals surface area contributed by atoms with Crippen LogP contribution in [0.2, 0.25) is 0 Å². The summed E-state index contributed by atoms with van der Waals surface area (Å²) in [6.45, 7) is 11.2. The van der Waals surface area contributed by atoms with E-state index in [4.69, 9.17) is 91.0 Å². The summed E-state index contributed by atoms with van der Waals surface area (Å²) in [7, 11) is 0. The monoisotopic (exact) mass is 1200 g/mol. The van der Waals surface area contributed by atoms with Gasteiger partial charge in [0.25, 0.3) is 0 Å². The second-order valence-corrected chi connectivity index (χ2v) is 20.6. The number of ether oxygens (including phenoxy) is 18. The highest BCUT2D eigenvalue weighted by Crippen LogP contribution is 2.48. The Balaban J connectivity index is 0.643. The molecular weight excluding hydrogens is 1120 g/mol. The predicted molar refractivity (Wildman–Crippen MR) is 262 cm³/mol. The fraction of sp³-hybridized carbons (Fsp3) is 0.918. The number of rotatable bonds is 40. The third-order valence-corrected chi connectivity index (χ3v) is 13.1. The molecular formula is C49H79F6N5O22. The number of nitrogens with two attached hydrogens (primary N) is 1. The Bertz CT molecular complexity index is 1850. The number of halogens is 6. The molecule has 82 heavy (non-hydrogen) atoms. The molecule has 0 aromatic carbocycles. The lowest BCUT2D eigenvalue weighted by Gasteiger charge is -2.42. The summed E-state index contributed by atoms with van der Waals surface area (Å²) in [4.78, 5) is 47.7. The molecule has 4 bridgehead atoms. The highest BCUT2D eigenvalue weighted by atomic mass is 19.4. The summed E-state index contributed by atoms with van der Waals surface area (Å²) in [5.41, 5.74) is 3.69. The van der Waals surface area contributed by atoms with Crippen molar-refractivity contribution in [3.05, 3.63) is 0 Å². The van der Waals surface area contributed by atoms with Crippen molar-refractivity contribution >= 4 is 23.6 Å². The van der Waals surface area contributed by atoms with Crippen molar-refractivity contribution in [2.75, 3.05) is 158 Å². The maximum absolute atomic E-state index is 13.0. The quantitative estimate of drug-likeness (QED) is 0.0358. The molecule has 6 heterocycles. The molecule has 0 aliphatic carbocycles. The van der Waals surface area contributed by atoms with Crippen LogP contribution in [0.5, 0.6) is 0 Å². The van der Waals surface area contributed by atoms with Crippen LogP contribution in [-0.4, -0.2) is 272 Å². The summed E-state index contributed by atoms with van der Waals surface area (Å²) in [5, 5.41) is 9.31. The Morgan fingerprint density at radius 1 is 0.476 bits per heavy atom. The minimum atomic E-state index is -5.10. The van der Waals surface area contributed by atoms with Gasteiger partial charge in [-0.1, -0.05) is 0 Å². The first-order chi connectivity index (χ1) is 38.9. The van der Waals surface area contributed by atoms with E-state index in [2.05, 4.69) is 10.6 Å².